The van der Waals surface area contributed by atoms with E-state index in [2.05, 4.69) is 0 Å². The van der Waals surface area contributed by atoms with Crippen molar-refractivity contribution in [3.05, 3.63) is 87.4 Å². The predicted molar refractivity (Wildman–Crippen MR) is 122 cm³/mol. The Bertz CT molecular complexity index is 1160. The summed E-state index contributed by atoms with van der Waals surface area (Å²) in [7, 11) is 3.25. The van der Waals surface area contributed by atoms with Crippen LogP contribution < -0.4 is 14.2 Å². The fourth-order valence-corrected chi connectivity index (χ4v) is 4.49. The van der Waals surface area contributed by atoms with Crippen LogP contribution in [0.5, 0.6) is 17.2 Å². The van der Waals surface area contributed by atoms with E-state index in [0.29, 0.717) is 21.5 Å². The molecule has 2 aliphatic heterocycles. The van der Waals surface area contributed by atoms with Crippen molar-refractivity contribution in [3.63, 3.8) is 0 Å². The number of hydrogen-bond acceptors (Lipinski definition) is 5. The van der Waals surface area contributed by atoms with Gasteiger partial charge in [0.15, 0.2) is 11.5 Å². The van der Waals surface area contributed by atoms with E-state index in [0.717, 1.165) is 34.6 Å². The van der Waals surface area contributed by atoms with Gasteiger partial charge in [0.05, 0.1) is 31.5 Å². The first-order valence-corrected chi connectivity index (χ1v) is 10.6. The first-order valence-electron chi connectivity index (χ1n) is 9.88. The number of hydrogen-bond donors (Lipinski definition) is 0. The number of ether oxygens (including phenoxy) is 3. The molecular formula is C24H20Cl2N2O3. The monoisotopic (exact) mass is 454 g/mol. The van der Waals surface area contributed by atoms with Crippen molar-refractivity contribution in [2.75, 3.05) is 14.2 Å². The van der Waals surface area contributed by atoms with Crippen LogP contribution in [-0.4, -0.2) is 24.9 Å². The first kappa shape index (κ1) is 20.0. The number of methoxy groups -OCH3 is 2. The summed E-state index contributed by atoms with van der Waals surface area (Å²) in [5.41, 5.74) is 3.84. The molecule has 0 N–H and O–H groups in total. The van der Waals surface area contributed by atoms with Crippen molar-refractivity contribution in [1.82, 2.24) is 5.01 Å². The molecule has 0 saturated carbocycles. The van der Waals surface area contributed by atoms with E-state index < -0.39 is 6.23 Å². The second-order valence-electron chi connectivity index (χ2n) is 7.39. The molecule has 0 saturated heterocycles. The lowest BCUT2D eigenvalue weighted by atomic mass is 9.95. The lowest BCUT2D eigenvalue weighted by molar-refractivity contribution is -0.0205. The molecule has 0 unspecified atom stereocenters. The molecule has 0 aliphatic carbocycles. The van der Waals surface area contributed by atoms with E-state index >= 15 is 0 Å². The highest BCUT2D eigenvalue weighted by molar-refractivity contribution is 6.31. The first-order chi connectivity index (χ1) is 15.1. The summed E-state index contributed by atoms with van der Waals surface area (Å²) in [5, 5.41) is 8.32. The van der Waals surface area contributed by atoms with Crippen LogP contribution in [0.3, 0.4) is 0 Å². The Balaban J connectivity index is 1.64. The summed E-state index contributed by atoms with van der Waals surface area (Å²) >= 11 is 12.4. The lowest BCUT2D eigenvalue weighted by Crippen LogP contribution is -2.34. The Morgan fingerprint density at radius 2 is 1.71 bits per heavy atom. The largest absolute Gasteiger partial charge is 0.493 e. The molecule has 0 spiro atoms. The number of fused-ring (bicyclic) bond motifs is 3. The van der Waals surface area contributed by atoms with Crippen molar-refractivity contribution in [2.45, 2.75) is 18.7 Å². The summed E-state index contributed by atoms with van der Waals surface area (Å²) in [4.78, 5) is 0. The fourth-order valence-electron chi connectivity index (χ4n) is 4.19. The summed E-state index contributed by atoms with van der Waals surface area (Å²) < 4.78 is 17.6. The number of hydrazone groups is 1. The average Bonchev–Trinajstić information content (AvgIpc) is 3.24. The second-order valence-corrected chi connectivity index (χ2v) is 8.26. The number of nitrogens with zero attached hydrogens (tertiary/aromatic N) is 2. The summed E-state index contributed by atoms with van der Waals surface area (Å²) in [6, 6.07) is 19.2. The van der Waals surface area contributed by atoms with Crippen molar-refractivity contribution < 1.29 is 14.2 Å². The Kier molecular flexibility index (Phi) is 5.16. The molecule has 2 aliphatic rings. The van der Waals surface area contributed by atoms with Crippen molar-refractivity contribution in [1.29, 1.82) is 0 Å². The van der Waals surface area contributed by atoms with Gasteiger partial charge < -0.3 is 14.2 Å². The summed E-state index contributed by atoms with van der Waals surface area (Å²) in [6.45, 7) is 0. The van der Waals surface area contributed by atoms with Gasteiger partial charge in [0, 0.05) is 22.0 Å². The molecule has 0 fully saturated rings. The third-order valence-electron chi connectivity index (χ3n) is 5.63. The Morgan fingerprint density at radius 1 is 0.935 bits per heavy atom. The van der Waals surface area contributed by atoms with E-state index in [1.165, 1.54) is 0 Å². The standard InChI is InChI=1S/C24H20Cl2N2O3/c1-29-22-5-3-4-17(23(22)30-2)24-28-20(18-12-16(26)10-11-21(18)31-24)13-19(27-28)14-6-8-15(25)9-7-14/h3-12,20,24H,13H2,1-2H3/t20-,24-/m1/s1. The third kappa shape index (κ3) is 3.48. The highest BCUT2D eigenvalue weighted by atomic mass is 35.5. The van der Waals surface area contributed by atoms with Gasteiger partial charge in [-0.05, 0) is 48.0 Å². The molecule has 31 heavy (non-hydrogen) atoms. The molecule has 2 heterocycles. The van der Waals surface area contributed by atoms with Crippen LogP contribution in [0.1, 0.15) is 35.4 Å². The molecule has 0 amide bonds. The predicted octanol–water partition coefficient (Wildman–Crippen LogP) is 6.25. The number of para-hydroxylation sites is 1. The Hall–Kier alpha value is -2.89. The van der Waals surface area contributed by atoms with Gasteiger partial charge in [-0.3, -0.25) is 0 Å². The van der Waals surface area contributed by atoms with E-state index in [9.17, 15) is 0 Å². The number of rotatable bonds is 4. The minimum absolute atomic E-state index is 0.0194. The van der Waals surface area contributed by atoms with Crippen LogP contribution in [0.4, 0.5) is 0 Å². The third-order valence-corrected chi connectivity index (χ3v) is 6.12. The fraction of sp³-hybridized carbons (Fsp3) is 0.208. The molecule has 0 aromatic heterocycles. The minimum Gasteiger partial charge on any atom is -0.493 e. The molecule has 158 valence electrons. The highest BCUT2D eigenvalue weighted by Crippen LogP contribution is 2.50. The Labute approximate surface area is 190 Å². The molecule has 5 nitrogen and oxygen atoms in total. The molecule has 3 aromatic rings. The topological polar surface area (TPSA) is 43.3 Å². The van der Waals surface area contributed by atoms with E-state index in [1.807, 2.05) is 65.7 Å². The number of halogens is 2. The van der Waals surface area contributed by atoms with Crippen LogP contribution in [0, 0.1) is 0 Å². The zero-order valence-electron chi connectivity index (χ0n) is 17.0. The molecule has 2 atom stereocenters. The van der Waals surface area contributed by atoms with Gasteiger partial charge in [-0.15, -0.1) is 0 Å². The van der Waals surface area contributed by atoms with Crippen LogP contribution in [0.15, 0.2) is 65.8 Å². The van der Waals surface area contributed by atoms with Crippen molar-refractivity contribution in [2.24, 2.45) is 5.10 Å². The summed E-state index contributed by atoms with van der Waals surface area (Å²) in [6.07, 6.45) is 0.245. The van der Waals surface area contributed by atoms with E-state index in [4.69, 9.17) is 42.5 Å². The highest BCUT2D eigenvalue weighted by Gasteiger charge is 2.42. The van der Waals surface area contributed by atoms with Gasteiger partial charge >= 0.3 is 0 Å². The molecule has 0 bridgehead atoms. The lowest BCUT2D eigenvalue weighted by Gasteiger charge is -2.38. The van der Waals surface area contributed by atoms with E-state index in [1.54, 1.807) is 14.2 Å². The second kappa shape index (κ2) is 7.98. The average molecular weight is 455 g/mol. The van der Waals surface area contributed by atoms with E-state index in [-0.39, 0.29) is 6.04 Å². The maximum Gasteiger partial charge on any atom is 0.217 e. The smallest absolute Gasteiger partial charge is 0.217 e. The summed E-state index contributed by atoms with van der Waals surface area (Å²) in [5.74, 6) is 2.05. The molecule has 0 radical (unpaired) electrons. The van der Waals surface area contributed by atoms with Gasteiger partial charge in [0.25, 0.3) is 0 Å². The molecule has 3 aromatic carbocycles. The SMILES string of the molecule is COc1cccc([C@H]2Oc3ccc(Cl)cc3[C@H]3CC(c4ccc(Cl)cc4)=NN32)c1OC. The Morgan fingerprint density at radius 3 is 2.45 bits per heavy atom. The molecule has 7 heteroatoms. The molecular weight excluding hydrogens is 435 g/mol. The normalized spacial score (nSPS) is 19.2. The van der Waals surface area contributed by atoms with Gasteiger partial charge in [0.1, 0.15) is 5.75 Å². The maximum absolute atomic E-state index is 6.44. The van der Waals surface area contributed by atoms with Crippen molar-refractivity contribution in [3.8, 4) is 17.2 Å². The van der Waals surface area contributed by atoms with Crippen LogP contribution in [0.2, 0.25) is 10.0 Å². The van der Waals surface area contributed by atoms with Gasteiger partial charge in [0.2, 0.25) is 6.23 Å². The van der Waals surface area contributed by atoms with Crippen LogP contribution in [0.25, 0.3) is 0 Å². The van der Waals surface area contributed by atoms with Crippen molar-refractivity contribution >= 4 is 28.9 Å². The van der Waals surface area contributed by atoms with Gasteiger partial charge in [-0.1, -0.05) is 41.4 Å². The molecule has 5 rings (SSSR count). The minimum atomic E-state index is -0.478. The van der Waals surface area contributed by atoms with Crippen LogP contribution >= 0.6 is 23.2 Å². The zero-order valence-corrected chi connectivity index (χ0v) is 18.5. The zero-order chi connectivity index (χ0) is 21.5. The van der Waals surface area contributed by atoms with Gasteiger partial charge in [-0.2, -0.15) is 5.10 Å². The van der Waals surface area contributed by atoms with Gasteiger partial charge in [-0.25, -0.2) is 5.01 Å². The number of benzene rings is 3. The maximum atomic E-state index is 6.44. The van der Waals surface area contributed by atoms with Crippen LogP contribution in [-0.2, 0) is 0 Å². The quantitative estimate of drug-likeness (QED) is 0.466.